The van der Waals surface area contributed by atoms with Crippen LogP contribution in [0.4, 0.5) is 4.79 Å². The van der Waals surface area contributed by atoms with Crippen LogP contribution in [0, 0.1) is 0 Å². The third kappa shape index (κ3) is 24.9. The first kappa shape index (κ1) is 52.1. The summed E-state index contributed by atoms with van der Waals surface area (Å²) in [5.41, 5.74) is 4.79. The van der Waals surface area contributed by atoms with Crippen LogP contribution < -0.4 is 0 Å². The van der Waals surface area contributed by atoms with Crippen molar-refractivity contribution < 1.29 is 66.4 Å². The average Bonchev–Trinajstić information content (AvgIpc) is 3.60. The molecule has 1 aliphatic carbocycles. The highest BCUT2D eigenvalue weighted by molar-refractivity contribution is 5.79. The number of hydrogen-bond donors (Lipinski definition) is 0. The largest absolute Gasteiger partial charge is 0.463 e. The first-order valence-corrected chi connectivity index (χ1v) is 22.1. The van der Waals surface area contributed by atoms with Crippen molar-refractivity contribution in [1.29, 1.82) is 0 Å². The first-order chi connectivity index (χ1) is 30.1. The predicted molar refractivity (Wildman–Crippen MR) is 230 cm³/mol. The molecular formula is C46H73NO14. The molecule has 0 fully saturated rings. The smallest absolute Gasteiger partial charge is 0.409 e. The van der Waals surface area contributed by atoms with Crippen LogP contribution in [0.3, 0.4) is 0 Å². The summed E-state index contributed by atoms with van der Waals surface area (Å²) in [6.45, 7) is 12.4. The Bertz CT molecular complexity index is 1340. The van der Waals surface area contributed by atoms with Gasteiger partial charge in [-0.15, -0.1) is 0 Å². The van der Waals surface area contributed by atoms with Gasteiger partial charge in [0.15, 0.2) is 0 Å². The molecule has 0 radical (unpaired) electrons. The lowest BCUT2D eigenvalue weighted by Crippen LogP contribution is -2.32. The molecular weight excluding hydrogens is 790 g/mol. The van der Waals surface area contributed by atoms with Crippen LogP contribution in [-0.4, -0.2) is 176 Å². The van der Waals surface area contributed by atoms with E-state index in [0.29, 0.717) is 152 Å². The van der Waals surface area contributed by atoms with Gasteiger partial charge in [-0.05, 0) is 28.7 Å². The van der Waals surface area contributed by atoms with Crippen LogP contribution >= 0.6 is 0 Å². The predicted octanol–water partition coefficient (Wildman–Crippen LogP) is 5.94. The van der Waals surface area contributed by atoms with Gasteiger partial charge < -0.3 is 61.7 Å². The monoisotopic (exact) mass is 864 g/mol. The molecule has 2 aromatic rings. The quantitative estimate of drug-likeness (QED) is 0.0574. The lowest BCUT2D eigenvalue weighted by molar-refractivity contribution is -0.145. The number of carbonyl (C=O) groups is 2. The molecule has 0 bridgehead atoms. The number of likely N-dealkylation sites (N-methyl/N-ethyl adjacent to an activating group) is 1. The maximum absolute atomic E-state index is 12.6. The second-order valence-corrected chi connectivity index (χ2v) is 14.2. The minimum absolute atomic E-state index is 0.0348. The molecule has 0 heterocycles. The number of nitrogens with zero attached hydrogens (tertiary/aromatic N) is 1. The summed E-state index contributed by atoms with van der Waals surface area (Å²) in [7, 11) is 1.71. The van der Waals surface area contributed by atoms with E-state index in [2.05, 4.69) is 31.2 Å². The van der Waals surface area contributed by atoms with E-state index in [0.717, 1.165) is 12.8 Å². The minimum Gasteiger partial charge on any atom is -0.463 e. The van der Waals surface area contributed by atoms with E-state index in [1.165, 1.54) is 46.4 Å². The fourth-order valence-electron chi connectivity index (χ4n) is 6.24. The highest BCUT2D eigenvalue weighted by Crippen LogP contribution is 2.44. The van der Waals surface area contributed by atoms with Crippen molar-refractivity contribution in [3.8, 4) is 11.1 Å². The van der Waals surface area contributed by atoms with E-state index < -0.39 is 0 Å². The van der Waals surface area contributed by atoms with Crippen LogP contribution in [0.15, 0.2) is 48.5 Å². The van der Waals surface area contributed by atoms with Gasteiger partial charge in [0.05, 0.1) is 132 Å². The molecule has 0 atom stereocenters. The Morgan fingerprint density at radius 1 is 0.459 bits per heavy atom. The molecule has 0 N–H and O–H groups in total. The number of benzene rings is 2. The molecule has 15 nitrogen and oxygen atoms in total. The van der Waals surface area contributed by atoms with Crippen molar-refractivity contribution in [3.63, 3.8) is 0 Å². The lowest BCUT2D eigenvalue weighted by Gasteiger charge is -2.19. The number of unbranched alkanes of at least 4 members (excludes halogenated alkanes) is 4. The summed E-state index contributed by atoms with van der Waals surface area (Å²) < 4.78 is 66.0. The second-order valence-electron chi connectivity index (χ2n) is 14.2. The van der Waals surface area contributed by atoms with E-state index >= 15 is 0 Å². The normalized spacial score (nSPS) is 12.1. The maximum Gasteiger partial charge on any atom is 0.409 e. The van der Waals surface area contributed by atoms with Gasteiger partial charge in [-0.1, -0.05) is 81.1 Å². The second kappa shape index (κ2) is 36.3. The van der Waals surface area contributed by atoms with Gasteiger partial charge in [0.25, 0.3) is 0 Å². The summed E-state index contributed by atoms with van der Waals surface area (Å²) in [4.78, 5) is 25.8. The molecule has 1 amide bonds. The number of hydrogen-bond acceptors (Lipinski definition) is 14. The Labute approximate surface area is 363 Å². The number of fused-ring (bicyclic) bond motifs is 3. The summed E-state index contributed by atoms with van der Waals surface area (Å²) in [5.74, 6) is -0.117. The number of rotatable bonds is 41. The summed E-state index contributed by atoms with van der Waals surface area (Å²) in [5, 5.41) is 0. The number of carbonyl (C=O) groups excluding carboxylic acids is 2. The van der Waals surface area contributed by atoms with Gasteiger partial charge in [0, 0.05) is 25.9 Å². The Hall–Kier alpha value is -3.22. The molecule has 346 valence electrons. The van der Waals surface area contributed by atoms with Gasteiger partial charge in [-0.3, -0.25) is 4.79 Å². The number of ether oxygens (including phenoxy) is 12. The SMILES string of the molecule is CCCCCCCC(=O)OCCOCCOCCOCCOCCOCCOCCOCCOCCOCCOCCN(C)C(=O)OCC1c2ccccc2-c2ccccc21. The molecule has 15 heteroatoms. The highest BCUT2D eigenvalue weighted by Gasteiger charge is 2.29. The van der Waals surface area contributed by atoms with Crippen molar-refractivity contribution in [1.82, 2.24) is 4.90 Å². The fraction of sp³-hybridized carbons (Fsp3) is 0.696. The van der Waals surface area contributed by atoms with Crippen molar-refractivity contribution in [2.24, 2.45) is 0 Å². The zero-order valence-corrected chi connectivity index (χ0v) is 36.9. The summed E-state index contributed by atoms with van der Waals surface area (Å²) in [6.07, 6.45) is 5.68. The Kier molecular flexibility index (Phi) is 31.0. The van der Waals surface area contributed by atoms with Gasteiger partial charge in [0.1, 0.15) is 13.2 Å². The van der Waals surface area contributed by atoms with Crippen LogP contribution in [0.25, 0.3) is 11.1 Å². The van der Waals surface area contributed by atoms with E-state index in [1.54, 1.807) is 7.05 Å². The zero-order chi connectivity index (χ0) is 43.3. The Morgan fingerprint density at radius 2 is 0.820 bits per heavy atom. The molecule has 0 saturated carbocycles. The topological polar surface area (TPSA) is 148 Å². The van der Waals surface area contributed by atoms with E-state index in [4.69, 9.17) is 56.8 Å². The summed E-state index contributed by atoms with van der Waals surface area (Å²) >= 11 is 0. The van der Waals surface area contributed by atoms with E-state index in [9.17, 15) is 9.59 Å². The van der Waals surface area contributed by atoms with E-state index in [-0.39, 0.29) is 24.6 Å². The number of esters is 1. The Balaban J connectivity index is 0.944. The summed E-state index contributed by atoms with van der Waals surface area (Å²) in [6, 6.07) is 16.6. The maximum atomic E-state index is 12.6. The molecule has 0 aromatic heterocycles. The average molecular weight is 864 g/mol. The Morgan fingerprint density at radius 3 is 1.23 bits per heavy atom. The minimum atomic E-state index is -0.367. The van der Waals surface area contributed by atoms with Gasteiger partial charge in [-0.2, -0.15) is 0 Å². The van der Waals surface area contributed by atoms with Crippen LogP contribution in [0.1, 0.15) is 62.5 Å². The van der Waals surface area contributed by atoms with Crippen LogP contribution in [0.5, 0.6) is 0 Å². The molecule has 0 aliphatic heterocycles. The van der Waals surface area contributed by atoms with Crippen molar-refractivity contribution >= 4 is 12.1 Å². The standard InChI is InChI=1S/C46H73NO14/c1-3-4-5-6-7-16-45(48)60-38-37-59-36-35-58-34-33-57-32-31-56-30-29-55-28-27-54-26-25-53-24-23-52-22-21-51-20-19-50-18-17-47(2)46(49)61-39-44-42-14-10-8-12-40(42)41-13-9-11-15-43(41)44/h8-15,44H,3-7,16-39H2,1-2H3. The van der Waals surface area contributed by atoms with Crippen LogP contribution in [0.2, 0.25) is 0 Å². The van der Waals surface area contributed by atoms with Gasteiger partial charge in [-0.25, -0.2) is 4.79 Å². The van der Waals surface area contributed by atoms with Crippen molar-refractivity contribution in [2.75, 3.05) is 159 Å². The van der Waals surface area contributed by atoms with Gasteiger partial charge >= 0.3 is 12.1 Å². The molecule has 2 aromatic carbocycles. The van der Waals surface area contributed by atoms with Gasteiger partial charge in [0.2, 0.25) is 0 Å². The zero-order valence-electron chi connectivity index (χ0n) is 36.9. The molecule has 0 spiro atoms. The molecule has 0 saturated heterocycles. The lowest BCUT2D eigenvalue weighted by atomic mass is 9.98. The van der Waals surface area contributed by atoms with Crippen LogP contribution in [-0.2, 0) is 61.6 Å². The fourth-order valence-corrected chi connectivity index (χ4v) is 6.24. The number of amides is 1. The highest BCUT2D eigenvalue weighted by atomic mass is 16.6. The molecule has 0 unspecified atom stereocenters. The molecule has 1 aliphatic rings. The van der Waals surface area contributed by atoms with Crippen molar-refractivity contribution in [3.05, 3.63) is 59.7 Å². The first-order valence-electron chi connectivity index (χ1n) is 22.1. The third-order valence-corrected chi connectivity index (χ3v) is 9.54. The van der Waals surface area contributed by atoms with Crippen molar-refractivity contribution in [2.45, 2.75) is 51.4 Å². The molecule has 3 rings (SSSR count). The molecule has 61 heavy (non-hydrogen) atoms. The third-order valence-electron chi connectivity index (χ3n) is 9.54. The van der Waals surface area contributed by atoms with E-state index in [1.807, 2.05) is 24.3 Å².